The van der Waals surface area contributed by atoms with Crippen LogP contribution in [0.1, 0.15) is 49.7 Å². The van der Waals surface area contributed by atoms with Crippen LogP contribution in [0.15, 0.2) is 18.2 Å². The van der Waals surface area contributed by atoms with Gasteiger partial charge < -0.3 is 14.7 Å². The zero-order valence-electron chi connectivity index (χ0n) is 14.2. The molecule has 1 aliphatic carbocycles. The molecule has 0 saturated carbocycles. The number of phenols is 1. The first kappa shape index (κ1) is 16.8. The highest BCUT2D eigenvalue weighted by Crippen LogP contribution is 2.37. The van der Waals surface area contributed by atoms with E-state index >= 15 is 0 Å². The number of carbonyl (C=O) groups excluding carboxylic acids is 2. The van der Waals surface area contributed by atoms with E-state index < -0.39 is 0 Å². The fraction of sp³-hybridized carbons (Fsp3) is 0.579. The molecule has 1 aromatic carbocycles. The van der Waals surface area contributed by atoms with E-state index in [4.69, 9.17) is 4.74 Å². The number of fused-ring (bicyclic) bond motifs is 1. The molecule has 3 rings (SSSR count). The van der Waals surface area contributed by atoms with Crippen molar-refractivity contribution >= 4 is 11.9 Å². The molecule has 130 valence electrons. The zero-order valence-corrected chi connectivity index (χ0v) is 14.2. The van der Waals surface area contributed by atoms with Gasteiger partial charge in [0.15, 0.2) is 0 Å². The van der Waals surface area contributed by atoms with E-state index in [0.717, 1.165) is 43.2 Å². The summed E-state index contributed by atoms with van der Waals surface area (Å²) in [7, 11) is 0. The summed E-state index contributed by atoms with van der Waals surface area (Å²) in [6.07, 6.45) is 4.13. The lowest BCUT2D eigenvalue weighted by molar-refractivity contribution is -0.151. The van der Waals surface area contributed by atoms with Crippen LogP contribution in [0.2, 0.25) is 0 Å². The summed E-state index contributed by atoms with van der Waals surface area (Å²) in [6, 6.07) is 5.43. The van der Waals surface area contributed by atoms with Gasteiger partial charge in [-0.05, 0) is 56.2 Å². The molecule has 5 nitrogen and oxygen atoms in total. The second-order valence-electron chi connectivity index (χ2n) is 6.67. The van der Waals surface area contributed by atoms with Crippen molar-refractivity contribution in [2.45, 2.75) is 44.9 Å². The normalized spacial score (nSPS) is 23.5. The van der Waals surface area contributed by atoms with Crippen LogP contribution in [-0.4, -0.2) is 41.6 Å². The van der Waals surface area contributed by atoms with Gasteiger partial charge in [0.25, 0.3) is 0 Å². The Balaban J connectivity index is 1.75. The van der Waals surface area contributed by atoms with Crippen molar-refractivity contribution in [3.63, 3.8) is 0 Å². The van der Waals surface area contributed by atoms with Gasteiger partial charge in [-0.2, -0.15) is 0 Å². The number of nitrogens with zero attached hydrogens (tertiary/aromatic N) is 1. The van der Waals surface area contributed by atoms with Crippen molar-refractivity contribution in [1.29, 1.82) is 0 Å². The Morgan fingerprint density at radius 3 is 2.92 bits per heavy atom. The quantitative estimate of drug-likeness (QED) is 0.865. The molecule has 1 N–H and O–H groups in total. The predicted molar refractivity (Wildman–Crippen MR) is 89.7 cm³/mol. The Bertz CT molecular complexity index is 628. The maximum atomic E-state index is 13.0. The molecule has 1 amide bonds. The van der Waals surface area contributed by atoms with Crippen molar-refractivity contribution < 1.29 is 19.4 Å². The molecule has 0 bridgehead atoms. The third kappa shape index (κ3) is 3.25. The third-order valence-corrected chi connectivity index (χ3v) is 5.13. The largest absolute Gasteiger partial charge is 0.508 e. The van der Waals surface area contributed by atoms with Gasteiger partial charge in [0.05, 0.1) is 18.4 Å². The van der Waals surface area contributed by atoms with Gasteiger partial charge in [0.1, 0.15) is 5.75 Å². The number of aromatic hydroxyl groups is 1. The summed E-state index contributed by atoms with van der Waals surface area (Å²) >= 11 is 0. The molecule has 2 atom stereocenters. The van der Waals surface area contributed by atoms with Gasteiger partial charge in [0, 0.05) is 13.1 Å². The number of hydrogen-bond donors (Lipinski definition) is 1. The van der Waals surface area contributed by atoms with Crippen molar-refractivity contribution in [3.05, 3.63) is 29.3 Å². The SMILES string of the molecule is CCOC(=O)[C@H]1CCCN(C(=O)[C@@H]2CCCc3c(O)cccc32)C1. The predicted octanol–water partition coefficient (Wildman–Crippen LogP) is 2.61. The Labute approximate surface area is 142 Å². The molecule has 1 aromatic rings. The number of amides is 1. The lowest BCUT2D eigenvalue weighted by atomic mass is 9.81. The first-order chi connectivity index (χ1) is 11.6. The minimum Gasteiger partial charge on any atom is -0.508 e. The van der Waals surface area contributed by atoms with Gasteiger partial charge in [-0.1, -0.05) is 12.1 Å². The summed E-state index contributed by atoms with van der Waals surface area (Å²) in [5.74, 6) is -0.253. The lowest BCUT2D eigenvalue weighted by Gasteiger charge is -2.35. The average molecular weight is 331 g/mol. The van der Waals surface area contributed by atoms with Crippen molar-refractivity contribution in [2.75, 3.05) is 19.7 Å². The van der Waals surface area contributed by atoms with E-state index in [1.54, 1.807) is 19.1 Å². The van der Waals surface area contributed by atoms with Crippen LogP contribution in [0.4, 0.5) is 0 Å². The van der Waals surface area contributed by atoms with Crippen molar-refractivity contribution in [1.82, 2.24) is 4.90 Å². The maximum Gasteiger partial charge on any atom is 0.310 e. The standard InChI is InChI=1S/C19H25NO4/c1-2-24-19(23)13-6-5-11-20(12-13)18(22)16-9-3-8-15-14(16)7-4-10-17(15)21/h4,7,10,13,16,21H,2-3,5-6,8-9,11-12H2,1H3/t13-,16+/m0/s1. The van der Waals surface area contributed by atoms with Crippen LogP contribution < -0.4 is 0 Å². The van der Waals surface area contributed by atoms with E-state index in [0.29, 0.717) is 19.7 Å². The first-order valence-corrected chi connectivity index (χ1v) is 8.88. The second-order valence-corrected chi connectivity index (χ2v) is 6.67. The molecule has 0 unspecified atom stereocenters. The molecule has 24 heavy (non-hydrogen) atoms. The monoisotopic (exact) mass is 331 g/mol. The van der Waals surface area contributed by atoms with Gasteiger partial charge in [-0.25, -0.2) is 0 Å². The van der Waals surface area contributed by atoms with Crippen LogP contribution in [0.5, 0.6) is 5.75 Å². The van der Waals surface area contributed by atoms with E-state index in [9.17, 15) is 14.7 Å². The smallest absolute Gasteiger partial charge is 0.310 e. The Morgan fingerprint density at radius 1 is 1.29 bits per heavy atom. The highest BCUT2D eigenvalue weighted by atomic mass is 16.5. The van der Waals surface area contributed by atoms with Crippen LogP contribution in [0.25, 0.3) is 0 Å². The summed E-state index contributed by atoms with van der Waals surface area (Å²) in [4.78, 5) is 26.9. The average Bonchev–Trinajstić information content (AvgIpc) is 2.61. The van der Waals surface area contributed by atoms with Gasteiger partial charge in [-0.3, -0.25) is 9.59 Å². The number of esters is 1. The number of phenolic OH excluding ortho intramolecular Hbond substituents is 1. The maximum absolute atomic E-state index is 13.0. The number of rotatable bonds is 3. The minimum atomic E-state index is -0.213. The van der Waals surface area contributed by atoms with E-state index in [1.165, 1.54) is 0 Å². The number of hydrogen-bond acceptors (Lipinski definition) is 4. The molecule has 1 heterocycles. The van der Waals surface area contributed by atoms with Crippen LogP contribution >= 0.6 is 0 Å². The highest BCUT2D eigenvalue weighted by molar-refractivity contribution is 5.85. The van der Waals surface area contributed by atoms with Crippen LogP contribution in [-0.2, 0) is 20.7 Å². The van der Waals surface area contributed by atoms with Crippen LogP contribution in [0, 0.1) is 5.92 Å². The number of benzene rings is 1. The summed E-state index contributed by atoms with van der Waals surface area (Å²) < 4.78 is 5.12. The highest BCUT2D eigenvalue weighted by Gasteiger charge is 2.35. The number of likely N-dealkylation sites (tertiary alicyclic amines) is 1. The Kier molecular flexibility index (Phi) is 5.07. The Morgan fingerprint density at radius 2 is 2.12 bits per heavy atom. The van der Waals surface area contributed by atoms with Gasteiger partial charge in [-0.15, -0.1) is 0 Å². The van der Waals surface area contributed by atoms with Crippen LogP contribution in [0.3, 0.4) is 0 Å². The molecule has 5 heteroatoms. The Hall–Kier alpha value is -2.04. The topological polar surface area (TPSA) is 66.8 Å². The first-order valence-electron chi connectivity index (χ1n) is 8.88. The summed E-state index contributed by atoms with van der Waals surface area (Å²) in [6.45, 7) is 3.31. The number of carbonyl (C=O) groups is 2. The molecular formula is C19H25NO4. The zero-order chi connectivity index (χ0) is 17.1. The molecule has 0 aromatic heterocycles. The lowest BCUT2D eigenvalue weighted by Crippen LogP contribution is -2.45. The molecule has 1 saturated heterocycles. The van der Waals surface area contributed by atoms with Gasteiger partial charge >= 0.3 is 5.97 Å². The molecule has 1 aliphatic heterocycles. The van der Waals surface area contributed by atoms with Crippen molar-refractivity contribution in [2.24, 2.45) is 5.92 Å². The van der Waals surface area contributed by atoms with E-state index in [2.05, 4.69) is 0 Å². The van der Waals surface area contributed by atoms with E-state index in [-0.39, 0.29) is 29.5 Å². The second kappa shape index (κ2) is 7.24. The molecule has 0 spiro atoms. The third-order valence-electron chi connectivity index (χ3n) is 5.13. The number of ether oxygens (including phenoxy) is 1. The molecule has 0 radical (unpaired) electrons. The summed E-state index contributed by atoms with van der Waals surface area (Å²) in [5.41, 5.74) is 1.85. The van der Waals surface area contributed by atoms with E-state index in [1.807, 2.05) is 11.0 Å². The molecular weight excluding hydrogens is 306 g/mol. The minimum absolute atomic E-state index is 0.0792. The van der Waals surface area contributed by atoms with Crippen molar-refractivity contribution in [3.8, 4) is 5.75 Å². The fourth-order valence-corrected chi connectivity index (χ4v) is 3.94. The molecule has 1 fully saturated rings. The fourth-order valence-electron chi connectivity index (χ4n) is 3.94. The summed E-state index contributed by atoms with van der Waals surface area (Å²) in [5, 5.41) is 10.1. The van der Waals surface area contributed by atoms with Gasteiger partial charge in [0.2, 0.25) is 5.91 Å². The molecule has 2 aliphatic rings. The number of piperidine rings is 1.